The number of hydrogen-bond acceptors (Lipinski definition) is 13. The van der Waals surface area contributed by atoms with Crippen LogP contribution in [0.2, 0.25) is 0 Å². The summed E-state index contributed by atoms with van der Waals surface area (Å²) >= 11 is 0. The van der Waals surface area contributed by atoms with Crippen LogP contribution < -0.4 is 37.2 Å². The zero-order valence-corrected chi connectivity index (χ0v) is 41.9. The fraction of sp³-hybridized carbons (Fsp3) is 0.795. The molecule has 0 rings (SSSR count). The third kappa shape index (κ3) is 33.9. The molecule has 0 aromatic carbocycles. The number of carboxylic acids is 1. The summed E-state index contributed by atoms with van der Waals surface area (Å²) in [5.74, 6) is -2.40. The van der Waals surface area contributed by atoms with Gasteiger partial charge in [-0.2, -0.15) is 0 Å². The van der Waals surface area contributed by atoms with Crippen LogP contribution in [0.15, 0.2) is 4.99 Å². The number of hydrogen-bond donors (Lipinski definition) is 8. The number of aliphatic carboxylic acids is 1. The van der Waals surface area contributed by atoms with E-state index in [4.69, 9.17) is 23.7 Å². The van der Waals surface area contributed by atoms with Crippen LogP contribution >= 0.6 is 0 Å². The quantitative estimate of drug-likeness (QED) is 0.0288. The number of nitrogens with zero attached hydrogens (tertiary/aromatic N) is 1. The molecule has 0 radical (unpaired) electrons. The Morgan fingerprint density at radius 2 is 0.727 bits per heavy atom. The molecule has 0 aromatic heterocycles. The number of amides is 7. The average Bonchev–Trinajstić information content (AvgIpc) is 3.08. The maximum Gasteiger partial charge on any atom is 0.437 e. The fourth-order valence-corrected chi connectivity index (χ4v) is 5.33. The first-order valence-electron chi connectivity index (χ1n) is 22.4. The molecule has 0 saturated heterocycles. The highest BCUT2D eigenvalue weighted by molar-refractivity contribution is 5.98. The van der Waals surface area contributed by atoms with Crippen molar-refractivity contribution in [2.45, 2.75) is 208 Å². The van der Waals surface area contributed by atoms with Gasteiger partial charge in [0.15, 0.2) is 0 Å². The minimum atomic E-state index is -1.23. The molecule has 8 N–H and O–H groups in total. The van der Waals surface area contributed by atoms with Gasteiger partial charge in [-0.15, -0.1) is 4.99 Å². The minimum absolute atomic E-state index is 0.0870. The van der Waals surface area contributed by atoms with E-state index in [0.29, 0.717) is 38.5 Å². The lowest BCUT2D eigenvalue weighted by molar-refractivity contribution is -0.139. The third-order valence-corrected chi connectivity index (χ3v) is 7.87. The van der Waals surface area contributed by atoms with Crippen molar-refractivity contribution in [3.8, 4) is 0 Å². The molecule has 0 aliphatic rings. The molecule has 66 heavy (non-hydrogen) atoms. The predicted octanol–water partition coefficient (Wildman–Crippen LogP) is 5.90. The molecule has 0 aliphatic heterocycles. The van der Waals surface area contributed by atoms with Gasteiger partial charge in [-0.1, -0.05) is 0 Å². The van der Waals surface area contributed by atoms with E-state index >= 15 is 0 Å². The summed E-state index contributed by atoms with van der Waals surface area (Å²) in [5, 5.41) is 27.9. The highest BCUT2D eigenvalue weighted by atomic mass is 16.6. The largest absolute Gasteiger partial charge is 0.480 e. The molecule has 0 aromatic rings. The second-order valence-corrected chi connectivity index (χ2v) is 20.5. The van der Waals surface area contributed by atoms with Gasteiger partial charge in [0, 0.05) is 19.6 Å². The molecule has 0 unspecified atom stereocenters. The van der Waals surface area contributed by atoms with Crippen LogP contribution in [-0.2, 0) is 38.1 Å². The standard InChI is InChI=1S/C44H80N8O14/c1-40(2,3)62-35(57)48-28(31(53)46-26-20-18-24-30(33(55)56)50-37(59)64-42(7,8)9)22-16-19-25-45-32(54)29(49-36(58)63-41(4,5)6)23-17-21-27-47-34(51-38(60)65-43(10,11)12)52-39(61)66-44(13,14)15/h28-30H,16-27H2,1-15H3,(H,45,54)(H,46,53)(H,48,57)(H,49,58)(H,50,59)(H,55,56)(H2,47,51,52,60,61)/t28-,29-,30-/m0/s1. The van der Waals surface area contributed by atoms with Crippen molar-refractivity contribution in [3.63, 3.8) is 0 Å². The predicted molar refractivity (Wildman–Crippen MR) is 246 cm³/mol. The molecule has 0 spiro atoms. The lowest BCUT2D eigenvalue weighted by Gasteiger charge is -2.24. The first-order chi connectivity index (χ1) is 30.0. The molecule has 22 heteroatoms. The average molecular weight is 945 g/mol. The van der Waals surface area contributed by atoms with Gasteiger partial charge in [0.25, 0.3) is 0 Å². The van der Waals surface area contributed by atoms with Crippen LogP contribution in [0, 0.1) is 0 Å². The van der Waals surface area contributed by atoms with E-state index in [1.807, 2.05) is 0 Å². The van der Waals surface area contributed by atoms with E-state index in [1.165, 1.54) is 0 Å². The molecule has 0 aliphatic carbocycles. The van der Waals surface area contributed by atoms with Gasteiger partial charge in [-0.3, -0.25) is 14.9 Å². The number of alkyl carbamates (subject to hydrolysis) is 4. The first kappa shape index (κ1) is 60.4. The Morgan fingerprint density at radius 3 is 1.06 bits per heavy atom. The Hall–Kier alpha value is -5.57. The van der Waals surface area contributed by atoms with Crippen LogP contribution in [-0.4, -0.2) is 125 Å². The normalized spacial score (nSPS) is 13.7. The summed E-state index contributed by atoms with van der Waals surface area (Å²) in [6, 6.07) is -3.19. The maximum atomic E-state index is 13.4. The van der Waals surface area contributed by atoms with Gasteiger partial charge in [-0.25, -0.2) is 28.8 Å². The number of unbranched alkanes of at least 4 members (excludes halogenated alkanes) is 3. The molecule has 0 saturated carbocycles. The molecule has 22 nitrogen and oxygen atoms in total. The zero-order chi connectivity index (χ0) is 51.1. The summed E-state index contributed by atoms with van der Waals surface area (Å²) in [5.41, 5.74) is -4.12. The van der Waals surface area contributed by atoms with Gasteiger partial charge >= 0.3 is 36.4 Å². The first-order valence-corrected chi connectivity index (χ1v) is 22.4. The smallest absolute Gasteiger partial charge is 0.437 e. The molecular formula is C44H80N8O14. The number of ether oxygens (including phenoxy) is 5. The number of carbonyl (C=O) groups is 8. The maximum absolute atomic E-state index is 13.4. The van der Waals surface area contributed by atoms with E-state index in [0.717, 1.165) is 0 Å². The second-order valence-electron chi connectivity index (χ2n) is 20.5. The van der Waals surface area contributed by atoms with Crippen LogP contribution in [0.3, 0.4) is 0 Å². The van der Waals surface area contributed by atoms with Crippen molar-refractivity contribution in [3.05, 3.63) is 0 Å². The Kier molecular flexibility index (Phi) is 25.5. The Balaban J connectivity index is 5.53. The Morgan fingerprint density at radius 1 is 0.424 bits per heavy atom. The zero-order valence-electron chi connectivity index (χ0n) is 41.9. The van der Waals surface area contributed by atoms with Gasteiger partial charge < -0.3 is 60.7 Å². The van der Waals surface area contributed by atoms with Crippen molar-refractivity contribution in [2.24, 2.45) is 4.99 Å². The van der Waals surface area contributed by atoms with E-state index in [9.17, 15) is 43.5 Å². The van der Waals surface area contributed by atoms with Crippen molar-refractivity contribution in [1.29, 1.82) is 0 Å². The Bertz CT molecular complexity index is 1640. The van der Waals surface area contributed by atoms with E-state index in [-0.39, 0.29) is 44.9 Å². The van der Waals surface area contributed by atoms with Crippen molar-refractivity contribution in [1.82, 2.24) is 37.2 Å². The van der Waals surface area contributed by atoms with Gasteiger partial charge in [0.05, 0.1) is 0 Å². The van der Waals surface area contributed by atoms with Crippen LogP contribution in [0.4, 0.5) is 24.0 Å². The SMILES string of the molecule is CC(C)(C)OC(=O)/N=C(\NCCCC[C@H](NC(=O)OC(C)(C)C)C(=O)NCCCC[C@H](NC(=O)OC(C)(C)C)C(=O)NCCCC[C@H](NC(=O)OC(C)(C)C)C(=O)O)NC(=O)OC(C)(C)C. The number of aliphatic imine (C=N–C) groups is 1. The lowest BCUT2D eigenvalue weighted by atomic mass is 10.1. The summed E-state index contributed by atoms with van der Waals surface area (Å²) in [6.07, 6.45) is -1.50. The van der Waals surface area contributed by atoms with E-state index < -0.39 is 94.4 Å². The highest BCUT2D eigenvalue weighted by Gasteiger charge is 2.28. The molecular weight excluding hydrogens is 865 g/mol. The fourth-order valence-electron chi connectivity index (χ4n) is 5.33. The van der Waals surface area contributed by atoms with Crippen LogP contribution in [0.25, 0.3) is 0 Å². The molecule has 380 valence electrons. The summed E-state index contributed by atoms with van der Waals surface area (Å²) in [7, 11) is 0. The second kappa shape index (κ2) is 27.8. The monoisotopic (exact) mass is 945 g/mol. The van der Waals surface area contributed by atoms with Crippen LogP contribution in [0.5, 0.6) is 0 Å². The molecule has 7 amide bonds. The van der Waals surface area contributed by atoms with E-state index in [1.54, 1.807) is 104 Å². The van der Waals surface area contributed by atoms with E-state index in [2.05, 4.69) is 42.2 Å². The van der Waals surface area contributed by atoms with Crippen LogP contribution in [0.1, 0.15) is 162 Å². The summed E-state index contributed by atoms with van der Waals surface area (Å²) < 4.78 is 26.4. The highest BCUT2D eigenvalue weighted by Crippen LogP contribution is 2.13. The number of guanidine groups is 1. The molecule has 0 heterocycles. The summed E-state index contributed by atoms with van der Waals surface area (Å²) in [4.78, 5) is 104. The van der Waals surface area contributed by atoms with Crippen molar-refractivity contribution in [2.75, 3.05) is 19.6 Å². The molecule has 3 atom stereocenters. The lowest BCUT2D eigenvalue weighted by Crippen LogP contribution is -2.49. The number of nitrogens with one attached hydrogen (secondary N) is 7. The molecule has 0 fully saturated rings. The minimum Gasteiger partial charge on any atom is -0.480 e. The summed E-state index contributed by atoms with van der Waals surface area (Å²) in [6.45, 7) is 25.6. The van der Waals surface area contributed by atoms with Gasteiger partial charge in [0.1, 0.15) is 46.1 Å². The number of carboxylic acid groups (broad SMARTS) is 1. The van der Waals surface area contributed by atoms with Crippen molar-refractivity contribution >= 4 is 54.2 Å². The van der Waals surface area contributed by atoms with Crippen molar-refractivity contribution < 1.29 is 67.1 Å². The number of rotatable bonds is 21. The Labute approximate surface area is 390 Å². The van der Waals surface area contributed by atoms with Gasteiger partial charge in [0.2, 0.25) is 17.8 Å². The molecule has 0 bridgehead atoms. The third-order valence-electron chi connectivity index (χ3n) is 7.87. The topological polar surface area (TPSA) is 300 Å². The number of carbonyl (C=O) groups excluding carboxylic acids is 7. The van der Waals surface area contributed by atoms with Gasteiger partial charge in [-0.05, 0) is 162 Å².